The van der Waals surface area contributed by atoms with Crippen LogP contribution in [0.15, 0.2) is 0 Å². The number of rotatable bonds is 66. The van der Waals surface area contributed by atoms with Gasteiger partial charge in [0.15, 0.2) is 6.29 Å². The number of amides is 1. The quantitative estimate of drug-likeness (QED) is 0.0330. The first-order valence-corrected chi connectivity index (χ1v) is 36.7. The van der Waals surface area contributed by atoms with E-state index in [4.69, 9.17) is 9.47 Å². The Morgan fingerprint density at radius 1 is 0.370 bits per heavy atom. The molecule has 1 amide bonds. The van der Waals surface area contributed by atoms with E-state index in [0.29, 0.717) is 12.8 Å². The summed E-state index contributed by atoms with van der Waals surface area (Å²) < 4.78 is 11.4. The lowest BCUT2D eigenvalue weighted by Crippen LogP contribution is -2.60. The number of hydrogen-bond donors (Lipinski definition) is 6. The van der Waals surface area contributed by atoms with Gasteiger partial charge in [-0.2, -0.15) is 0 Å². The molecule has 0 aromatic carbocycles. The van der Waals surface area contributed by atoms with E-state index in [1.807, 2.05) is 0 Å². The fraction of sp³-hybridized carbons (Fsp3) is 0.986. The lowest BCUT2D eigenvalue weighted by atomic mass is 9.99. The van der Waals surface area contributed by atoms with E-state index >= 15 is 0 Å². The van der Waals surface area contributed by atoms with Gasteiger partial charge in [-0.3, -0.25) is 4.79 Å². The summed E-state index contributed by atoms with van der Waals surface area (Å²) in [6.07, 6.45) is 71.9. The fourth-order valence-electron chi connectivity index (χ4n) is 12.5. The first-order chi connectivity index (χ1) is 39.8. The summed E-state index contributed by atoms with van der Waals surface area (Å²) in [6.45, 7) is 3.92. The van der Waals surface area contributed by atoms with Gasteiger partial charge in [0.2, 0.25) is 5.91 Å². The van der Waals surface area contributed by atoms with Crippen LogP contribution in [0, 0.1) is 0 Å². The van der Waals surface area contributed by atoms with E-state index in [0.717, 1.165) is 38.5 Å². The third-order valence-corrected chi connectivity index (χ3v) is 18.2. The van der Waals surface area contributed by atoms with Crippen molar-refractivity contribution in [2.75, 3.05) is 13.2 Å². The molecule has 0 spiro atoms. The maximum absolute atomic E-state index is 13.2. The molecule has 0 aromatic heterocycles. The maximum atomic E-state index is 13.2. The highest BCUT2D eigenvalue weighted by Crippen LogP contribution is 2.24. The number of nitrogens with one attached hydrogen (secondary N) is 1. The van der Waals surface area contributed by atoms with Crippen LogP contribution in [-0.4, -0.2) is 87.5 Å². The van der Waals surface area contributed by atoms with Gasteiger partial charge < -0.3 is 40.3 Å². The van der Waals surface area contributed by atoms with Gasteiger partial charge in [0, 0.05) is 6.42 Å². The highest BCUT2D eigenvalue weighted by Gasteiger charge is 2.44. The number of aliphatic hydroxyl groups excluding tert-OH is 5. The summed E-state index contributed by atoms with van der Waals surface area (Å²) >= 11 is 0. The molecular formula is C72H143NO8. The number of carbonyl (C=O) groups is 1. The molecule has 1 aliphatic heterocycles. The molecule has 81 heavy (non-hydrogen) atoms. The van der Waals surface area contributed by atoms with Gasteiger partial charge in [0.05, 0.1) is 25.4 Å². The zero-order valence-corrected chi connectivity index (χ0v) is 54.3. The molecule has 484 valence electrons. The Hall–Kier alpha value is -0.810. The molecule has 1 saturated heterocycles. The van der Waals surface area contributed by atoms with E-state index in [2.05, 4.69) is 19.2 Å². The molecule has 6 N–H and O–H groups in total. The monoisotopic (exact) mass is 1150 g/mol. The Bertz CT molecular complexity index is 1240. The third-order valence-electron chi connectivity index (χ3n) is 18.2. The lowest BCUT2D eigenvalue weighted by molar-refractivity contribution is -0.302. The zero-order chi connectivity index (χ0) is 58.6. The van der Waals surface area contributed by atoms with Crippen LogP contribution >= 0.6 is 0 Å². The van der Waals surface area contributed by atoms with E-state index in [9.17, 15) is 30.3 Å². The zero-order valence-electron chi connectivity index (χ0n) is 54.3. The van der Waals surface area contributed by atoms with Gasteiger partial charge in [0.1, 0.15) is 24.4 Å². The Morgan fingerprint density at radius 3 is 0.877 bits per heavy atom. The number of aliphatic hydroxyl groups is 5. The van der Waals surface area contributed by atoms with E-state index in [1.165, 1.54) is 334 Å². The Labute approximate surface area is 504 Å². The first-order valence-electron chi connectivity index (χ1n) is 36.7. The minimum Gasteiger partial charge on any atom is -0.394 e. The van der Waals surface area contributed by atoms with Gasteiger partial charge >= 0.3 is 0 Å². The van der Waals surface area contributed by atoms with Crippen molar-refractivity contribution in [1.29, 1.82) is 0 Å². The largest absolute Gasteiger partial charge is 0.394 e. The van der Waals surface area contributed by atoms with E-state index in [1.54, 1.807) is 0 Å². The van der Waals surface area contributed by atoms with Crippen LogP contribution in [0.25, 0.3) is 0 Å². The molecule has 9 heteroatoms. The van der Waals surface area contributed by atoms with Gasteiger partial charge in [-0.1, -0.05) is 380 Å². The molecule has 7 unspecified atom stereocenters. The molecule has 1 rings (SSSR count). The Morgan fingerprint density at radius 2 is 0.617 bits per heavy atom. The van der Waals surface area contributed by atoms with Crippen LogP contribution in [0.1, 0.15) is 399 Å². The molecule has 0 aromatic rings. The summed E-state index contributed by atoms with van der Waals surface area (Å²) in [4.78, 5) is 13.2. The fourth-order valence-corrected chi connectivity index (χ4v) is 12.5. The molecule has 1 aliphatic rings. The summed E-state index contributed by atoms with van der Waals surface area (Å²) in [6, 6.07) is -0.715. The molecule has 9 nitrogen and oxygen atoms in total. The highest BCUT2D eigenvalue weighted by atomic mass is 16.7. The van der Waals surface area contributed by atoms with Gasteiger partial charge in [-0.25, -0.2) is 0 Å². The summed E-state index contributed by atoms with van der Waals surface area (Å²) in [5.41, 5.74) is 0. The van der Waals surface area contributed by atoms with Crippen LogP contribution in [-0.2, 0) is 14.3 Å². The number of ether oxygens (including phenoxy) is 2. The lowest BCUT2D eigenvalue weighted by Gasteiger charge is -2.40. The topological polar surface area (TPSA) is 149 Å². The average Bonchev–Trinajstić information content (AvgIpc) is 3.50. The highest BCUT2D eigenvalue weighted by molar-refractivity contribution is 5.76. The van der Waals surface area contributed by atoms with Gasteiger partial charge in [-0.05, 0) is 12.8 Å². The van der Waals surface area contributed by atoms with Crippen LogP contribution in [0.3, 0.4) is 0 Å². The normalized spacial score (nSPS) is 18.2. The number of carbonyl (C=O) groups excluding carboxylic acids is 1. The van der Waals surface area contributed by atoms with Crippen LogP contribution < -0.4 is 5.32 Å². The van der Waals surface area contributed by atoms with Crippen molar-refractivity contribution in [2.24, 2.45) is 0 Å². The van der Waals surface area contributed by atoms with Crippen molar-refractivity contribution >= 4 is 5.91 Å². The summed E-state index contributed by atoms with van der Waals surface area (Å²) in [7, 11) is 0. The second-order valence-electron chi connectivity index (χ2n) is 26.1. The van der Waals surface area contributed by atoms with Crippen LogP contribution in [0.4, 0.5) is 0 Å². The summed E-state index contributed by atoms with van der Waals surface area (Å²) in [5.74, 6) is -0.132. The van der Waals surface area contributed by atoms with Gasteiger partial charge in [0.25, 0.3) is 0 Å². The predicted octanol–water partition coefficient (Wildman–Crippen LogP) is 20.1. The standard InChI is InChI=1S/C72H143NO8/c1-3-5-7-9-11-13-15-17-19-21-23-25-27-29-31-33-34-36-38-40-42-44-46-48-50-52-54-56-58-60-62-68(76)73-65(64-80-72-71(79)70(78)69(77)67(63-74)81-72)66(75)61-59-57-55-53-51-49-47-45-43-41-39-37-35-32-30-28-26-24-22-20-18-16-14-12-10-8-6-4-2/h65-67,69-72,74-75,77-79H,3-64H2,1-2H3,(H,73,76). The van der Waals surface area contributed by atoms with E-state index < -0.39 is 49.5 Å². The molecular weight excluding hydrogens is 1010 g/mol. The molecule has 0 bridgehead atoms. The molecule has 1 heterocycles. The Kier molecular flexibility index (Phi) is 60.1. The molecule has 1 fully saturated rings. The van der Waals surface area contributed by atoms with Crippen molar-refractivity contribution < 1.29 is 39.8 Å². The molecule has 0 radical (unpaired) electrons. The minimum absolute atomic E-state index is 0.130. The third kappa shape index (κ3) is 51.0. The SMILES string of the molecule is CCCCCCCCCCCCCCCCCCCCCCCCCCCCCCCCC(=O)NC(COC1OC(CO)C(O)C(O)C1O)C(O)CCCCCCCCCCCCCCCCCCCCCCCCCCCCCC. The Balaban J connectivity index is 2.08. The molecule has 7 atom stereocenters. The molecule has 0 aliphatic carbocycles. The van der Waals surface area contributed by atoms with Crippen molar-refractivity contribution in [3.8, 4) is 0 Å². The average molecular weight is 1150 g/mol. The number of hydrogen-bond acceptors (Lipinski definition) is 8. The van der Waals surface area contributed by atoms with Crippen molar-refractivity contribution in [1.82, 2.24) is 5.32 Å². The predicted molar refractivity (Wildman–Crippen MR) is 346 cm³/mol. The second kappa shape index (κ2) is 62.2. The summed E-state index contributed by atoms with van der Waals surface area (Å²) in [5, 5.41) is 55.0. The second-order valence-corrected chi connectivity index (χ2v) is 26.1. The maximum Gasteiger partial charge on any atom is 0.220 e. The van der Waals surface area contributed by atoms with Gasteiger partial charge in [-0.15, -0.1) is 0 Å². The number of unbranched alkanes of at least 4 members (excludes halogenated alkanes) is 56. The van der Waals surface area contributed by atoms with Crippen molar-refractivity contribution in [3.05, 3.63) is 0 Å². The van der Waals surface area contributed by atoms with E-state index in [-0.39, 0.29) is 12.5 Å². The smallest absolute Gasteiger partial charge is 0.220 e. The van der Waals surface area contributed by atoms with Crippen molar-refractivity contribution in [2.45, 2.75) is 442 Å². The molecule has 0 saturated carbocycles. The van der Waals surface area contributed by atoms with Crippen molar-refractivity contribution in [3.63, 3.8) is 0 Å². The van der Waals surface area contributed by atoms with Crippen LogP contribution in [0.2, 0.25) is 0 Å². The minimum atomic E-state index is -1.55. The first kappa shape index (κ1) is 78.2. The van der Waals surface area contributed by atoms with Crippen LogP contribution in [0.5, 0.6) is 0 Å².